The first-order chi connectivity index (χ1) is 20.4. The monoisotopic (exact) mass is 571 g/mol. The third-order valence-corrected chi connectivity index (χ3v) is 7.29. The summed E-state index contributed by atoms with van der Waals surface area (Å²) in [5.41, 5.74) is 8.98. The molecule has 5 rings (SSSR count). The van der Waals surface area contributed by atoms with Gasteiger partial charge in [-0.3, -0.25) is 14.3 Å². The molecule has 0 bridgehead atoms. The molecule has 4 atom stereocenters. The average Bonchev–Trinajstić information content (AvgIpc) is 3.33. The fourth-order valence-corrected chi connectivity index (χ4v) is 5.19. The van der Waals surface area contributed by atoms with E-state index < -0.39 is 41.3 Å². The van der Waals surface area contributed by atoms with Gasteiger partial charge in [-0.25, -0.2) is 4.79 Å². The van der Waals surface area contributed by atoms with Gasteiger partial charge < -0.3 is 24.1 Å². The molecule has 0 amide bonds. The zero-order chi connectivity index (χ0) is 29.7. The molecular formula is C30H29N5O7. The Morgan fingerprint density at radius 1 is 0.929 bits per heavy atom. The van der Waals surface area contributed by atoms with Crippen LogP contribution >= 0.6 is 0 Å². The maximum absolute atomic E-state index is 12.5. The van der Waals surface area contributed by atoms with Crippen LogP contribution in [0.3, 0.4) is 0 Å². The number of methoxy groups -OCH3 is 2. The number of rotatable bonds is 10. The summed E-state index contributed by atoms with van der Waals surface area (Å²) in [4.78, 5) is 29.1. The van der Waals surface area contributed by atoms with Crippen LogP contribution in [0, 0.1) is 0 Å². The number of hydrogen-bond donors (Lipinski definition) is 2. The SMILES string of the molecule is COc1ccc(C(OC[C@H]2O[C@@H](n3ccc(=O)[nH]c3=O)[C@H](N=[N+]=[N-])[C@@H]2O)(c2ccccc2)c2ccc(OC)cc2)cc1. The number of aliphatic hydroxyl groups excluding tert-OH is 1. The number of aliphatic hydroxyl groups is 1. The number of benzene rings is 3. The van der Waals surface area contributed by atoms with Gasteiger partial charge in [0, 0.05) is 17.2 Å². The number of aromatic nitrogens is 2. The Balaban J connectivity index is 1.58. The van der Waals surface area contributed by atoms with Crippen LogP contribution in [-0.2, 0) is 15.1 Å². The summed E-state index contributed by atoms with van der Waals surface area (Å²) in [6.45, 7) is -0.166. The second kappa shape index (κ2) is 12.3. The summed E-state index contributed by atoms with van der Waals surface area (Å²) in [5.74, 6) is 1.33. The van der Waals surface area contributed by atoms with Crippen molar-refractivity contribution >= 4 is 0 Å². The smallest absolute Gasteiger partial charge is 0.330 e. The lowest BCUT2D eigenvalue weighted by molar-refractivity contribution is -0.0945. The summed E-state index contributed by atoms with van der Waals surface area (Å²) < 4.78 is 24.7. The van der Waals surface area contributed by atoms with E-state index in [0.717, 1.165) is 27.3 Å². The number of ether oxygens (including phenoxy) is 4. The van der Waals surface area contributed by atoms with Crippen molar-refractivity contribution in [3.05, 3.63) is 139 Å². The minimum absolute atomic E-state index is 0.166. The van der Waals surface area contributed by atoms with Crippen LogP contribution in [-0.4, -0.2) is 53.7 Å². The van der Waals surface area contributed by atoms with Crippen molar-refractivity contribution in [2.75, 3.05) is 20.8 Å². The Labute approximate surface area is 240 Å². The summed E-state index contributed by atoms with van der Waals surface area (Å²) in [6, 6.07) is 24.5. The lowest BCUT2D eigenvalue weighted by Gasteiger charge is -2.37. The molecule has 42 heavy (non-hydrogen) atoms. The van der Waals surface area contributed by atoms with Crippen molar-refractivity contribution in [2.45, 2.75) is 30.1 Å². The molecule has 4 aromatic rings. The molecule has 0 aliphatic carbocycles. The van der Waals surface area contributed by atoms with E-state index in [2.05, 4.69) is 15.0 Å². The molecule has 12 nitrogen and oxygen atoms in total. The first-order valence-electron chi connectivity index (χ1n) is 13.1. The fourth-order valence-electron chi connectivity index (χ4n) is 5.19. The Morgan fingerprint density at radius 2 is 1.50 bits per heavy atom. The van der Waals surface area contributed by atoms with Gasteiger partial charge >= 0.3 is 5.69 Å². The Kier molecular flexibility index (Phi) is 8.41. The summed E-state index contributed by atoms with van der Waals surface area (Å²) in [7, 11) is 3.17. The average molecular weight is 572 g/mol. The van der Waals surface area contributed by atoms with Gasteiger partial charge in [0.2, 0.25) is 0 Å². The summed E-state index contributed by atoms with van der Waals surface area (Å²) in [5, 5.41) is 14.9. The second-order valence-electron chi connectivity index (χ2n) is 9.58. The third-order valence-electron chi connectivity index (χ3n) is 7.29. The lowest BCUT2D eigenvalue weighted by Crippen LogP contribution is -2.39. The van der Waals surface area contributed by atoms with Gasteiger partial charge in [-0.2, -0.15) is 0 Å². The van der Waals surface area contributed by atoms with Crippen molar-refractivity contribution < 1.29 is 24.1 Å². The van der Waals surface area contributed by atoms with Gasteiger partial charge in [0.25, 0.3) is 5.56 Å². The van der Waals surface area contributed by atoms with Crippen LogP contribution in [0.15, 0.2) is 106 Å². The number of H-pyrrole nitrogens is 1. The van der Waals surface area contributed by atoms with Crippen LogP contribution < -0.4 is 20.7 Å². The minimum Gasteiger partial charge on any atom is -0.497 e. The molecule has 0 saturated carbocycles. The van der Waals surface area contributed by atoms with Crippen molar-refractivity contribution in [1.82, 2.24) is 9.55 Å². The van der Waals surface area contributed by atoms with Gasteiger partial charge in [-0.15, -0.1) is 0 Å². The highest BCUT2D eigenvalue weighted by Crippen LogP contribution is 2.43. The molecular weight excluding hydrogens is 542 g/mol. The predicted octanol–water partition coefficient (Wildman–Crippen LogP) is 3.50. The molecule has 1 fully saturated rings. The summed E-state index contributed by atoms with van der Waals surface area (Å²) >= 11 is 0. The molecule has 216 valence electrons. The molecule has 1 aromatic heterocycles. The Morgan fingerprint density at radius 3 is 2.02 bits per heavy atom. The lowest BCUT2D eigenvalue weighted by atomic mass is 9.80. The number of azide groups is 1. The molecule has 2 heterocycles. The maximum Gasteiger partial charge on any atom is 0.330 e. The normalized spacial score (nSPS) is 20.1. The first kappa shape index (κ1) is 28.7. The Hall–Kier alpha value is -4.87. The predicted molar refractivity (Wildman–Crippen MR) is 152 cm³/mol. The first-order valence-corrected chi connectivity index (χ1v) is 13.1. The number of aromatic amines is 1. The highest BCUT2D eigenvalue weighted by Gasteiger charge is 2.47. The highest BCUT2D eigenvalue weighted by atomic mass is 16.6. The van der Waals surface area contributed by atoms with E-state index in [0.29, 0.717) is 11.5 Å². The van der Waals surface area contributed by atoms with Crippen molar-refractivity contribution in [1.29, 1.82) is 0 Å². The second-order valence-corrected chi connectivity index (χ2v) is 9.58. The van der Waals surface area contributed by atoms with E-state index in [4.69, 9.17) is 18.9 Å². The van der Waals surface area contributed by atoms with E-state index in [-0.39, 0.29) is 6.61 Å². The van der Waals surface area contributed by atoms with Gasteiger partial charge in [-0.05, 0) is 46.5 Å². The van der Waals surface area contributed by atoms with E-state index in [1.807, 2.05) is 78.9 Å². The van der Waals surface area contributed by atoms with Gasteiger partial charge in [0.05, 0.1) is 26.9 Å². The molecule has 0 unspecified atom stereocenters. The van der Waals surface area contributed by atoms with Gasteiger partial charge in [-0.1, -0.05) is 59.7 Å². The maximum atomic E-state index is 12.5. The van der Waals surface area contributed by atoms with Crippen LogP contribution in [0.25, 0.3) is 10.4 Å². The minimum atomic E-state index is -1.33. The molecule has 2 N–H and O–H groups in total. The van der Waals surface area contributed by atoms with Crippen molar-refractivity contribution in [3.8, 4) is 11.5 Å². The number of nitrogens with zero attached hydrogens (tertiary/aromatic N) is 4. The zero-order valence-electron chi connectivity index (χ0n) is 22.9. The van der Waals surface area contributed by atoms with Gasteiger partial charge in [0.1, 0.15) is 35.5 Å². The molecule has 1 saturated heterocycles. The standard InChI is InChI=1S/C30H29N5O7/c1-39-22-12-8-20(9-13-22)30(19-6-4-3-5-7-19,21-10-14-23(40-2)15-11-21)41-18-24-27(37)26(33-34-31)28(42-24)35-17-16-25(36)32-29(35)38/h3-17,24,26-28,37H,18H2,1-2H3,(H,32,36,38)/t24-,26-,27-,28-/m1/s1. The van der Waals surface area contributed by atoms with E-state index >= 15 is 0 Å². The molecule has 0 spiro atoms. The van der Waals surface area contributed by atoms with Gasteiger partial charge in [0.15, 0.2) is 0 Å². The summed E-state index contributed by atoms with van der Waals surface area (Å²) in [6.07, 6.45) is -2.29. The zero-order valence-corrected chi connectivity index (χ0v) is 22.9. The van der Waals surface area contributed by atoms with E-state index in [1.54, 1.807) is 14.2 Å². The van der Waals surface area contributed by atoms with Crippen LogP contribution in [0.1, 0.15) is 22.9 Å². The topological polar surface area (TPSA) is 161 Å². The number of hydrogen-bond acceptors (Lipinski definition) is 8. The third kappa shape index (κ3) is 5.39. The molecule has 3 aromatic carbocycles. The van der Waals surface area contributed by atoms with Crippen LogP contribution in [0.5, 0.6) is 11.5 Å². The van der Waals surface area contributed by atoms with Crippen molar-refractivity contribution in [3.63, 3.8) is 0 Å². The van der Waals surface area contributed by atoms with Crippen LogP contribution in [0.4, 0.5) is 0 Å². The largest absolute Gasteiger partial charge is 0.497 e. The molecule has 1 aliphatic rings. The highest BCUT2D eigenvalue weighted by molar-refractivity contribution is 5.49. The fraction of sp³-hybridized carbons (Fsp3) is 0.267. The quantitative estimate of drug-likeness (QED) is 0.127. The Bertz CT molecular complexity index is 1620. The molecule has 0 radical (unpaired) electrons. The van der Waals surface area contributed by atoms with Crippen LogP contribution in [0.2, 0.25) is 0 Å². The number of nitrogens with one attached hydrogen (secondary N) is 1. The molecule has 1 aliphatic heterocycles. The van der Waals surface area contributed by atoms with Crippen molar-refractivity contribution in [2.24, 2.45) is 5.11 Å². The molecule has 12 heteroatoms. The van der Waals surface area contributed by atoms with E-state index in [9.17, 15) is 20.2 Å². The van der Waals surface area contributed by atoms with E-state index in [1.165, 1.54) is 6.20 Å².